The smallest absolute Gasteiger partial charge is 0.222 e. The van der Waals surface area contributed by atoms with Crippen LogP contribution in [0.4, 0.5) is 0 Å². The largest absolute Gasteiger partial charge is 0.446 e. The molecule has 1 fully saturated rings. The monoisotopic (exact) mass is 196 g/mol. The number of nitrogens with zero attached hydrogens (tertiary/aromatic N) is 1. The van der Waals surface area contributed by atoms with Gasteiger partial charge < -0.3 is 14.8 Å². The normalized spacial score (nSPS) is 20.9. The number of aliphatic hydroxyl groups is 1. The zero-order valence-corrected chi connectivity index (χ0v) is 8.15. The number of hydrogen-bond acceptors (Lipinski definition) is 4. The van der Waals surface area contributed by atoms with Gasteiger partial charge >= 0.3 is 0 Å². The van der Waals surface area contributed by atoms with Gasteiger partial charge in [-0.1, -0.05) is 0 Å². The second-order valence-corrected chi connectivity index (χ2v) is 3.82. The minimum absolute atomic E-state index is 0.448. The molecule has 2 N–H and O–H groups in total. The quantitative estimate of drug-likeness (QED) is 0.760. The number of piperidine rings is 1. The average Bonchev–Trinajstić information content (AvgIpc) is 2.72. The second kappa shape index (κ2) is 4.57. The maximum absolute atomic E-state index is 9.78. The van der Waals surface area contributed by atoms with Gasteiger partial charge in [0.25, 0.3) is 0 Å². The van der Waals surface area contributed by atoms with Gasteiger partial charge in [-0.25, -0.2) is 4.98 Å². The highest BCUT2D eigenvalue weighted by molar-refractivity contribution is 4.87. The van der Waals surface area contributed by atoms with E-state index in [1.165, 1.54) is 6.26 Å². The van der Waals surface area contributed by atoms with E-state index in [-0.39, 0.29) is 0 Å². The van der Waals surface area contributed by atoms with Crippen LogP contribution in [0.1, 0.15) is 31.3 Å². The Kier molecular flexibility index (Phi) is 3.16. The molecule has 78 valence electrons. The van der Waals surface area contributed by atoms with Crippen LogP contribution < -0.4 is 5.32 Å². The van der Waals surface area contributed by atoms with E-state index >= 15 is 0 Å². The molecule has 0 spiro atoms. The third-order valence-electron chi connectivity index (χ3n) is 2.75. The Morgan fingerprint density at radius 3 is 3.00 bits per heavy atom. The zero-order valence-electron chi connectivity index (χ0n) is 8.15. The third kappa shape index (κ3) is 2.33. The van der Waals surface area contributed by atoms with Gasteiger partial charge in [-0.05, 0) is 38.3 Å². The van der Waals surface area contributed by atoms with Crippen molar-refractivity contribution < 1.29 is 9.52 Å². The van der Waals surface area contributed by atoms with Crippen LogP contribution in [0.5, 0.6) is 0 Å². The first-order valence-electron chi connectivity index (χ1n) is 5.14. The highest BCUT2D eigenvalue weighted by atomic mass is 16.4. The van der Waals surface area contributed by atoms with Crippen molar-refractivity contribution in [2.75, 3.05) is 13.1 Å². The number of hydrogen-bond donors (Lipinski definition) is 2. The summed E-state index contributed by atoms with van der Waals surface area (Å²) < 4.78 is 5.06. The SMILES string of the molecule is OC(CC1CCNCC1)c1ncco1. The third-order valence-corrected chi connectivity index (χ3v) is 2.75. The lowest BCUT2D eigenvalue weighted by atomic mass is 9.92. The molecule has 4 nitrogen and oxygen atoms in total. The highest BCUT2D eigenvalue weighted by Crippen LogP contribution is 2.25. The summed E-state index contributed by atoms with van der Waals surface area (Å²) in [5, 5.41) is 13.1. The van der Waals surface area contributed by atoms with Crippen LogP contribution in [0.15, 0.2) is 16.9 Å². The molecule has 1 aliphatic rings. The second-order valence-electron chi connectivity index (χ2n) is 3.82. The van der Waals surface area contributed by atoms with Crippen molar-refractivity contribution in [1.82, 2.24) is 10.3 Å². The van der Waals surface area contributed by atoms with E-state index in [1.807, 2.05) is 0 Å². The molecular formula is C10H16N2O2. The van der Waals surface area contributed by atoms with Gasteiger partial charge in [0.2, 0.25) is 5.89 Å². The van der Waals surface area contributed by atoms with Crippen molar-refractivity contribution in [1.29, 1.82) is 0 Å². The summed E-state index contributed by atoms with van der Waals surface area (Å²) in [4.78, 5) is 3.95. The first-order chi connectivity index (χ1) is 6.86. The molecule has 1 atom stereocenters. The van der Waals surface area contributed by atoms with Crippen LogP contribution in [0.3, 0.4) is 0 Å². The van der Waals surface area contributed by atoms with Crippen molar-refractivity contribution in [3.05, 3.63) is 18.4 Å². The van der Waals surface area contributed by atoms with E-state index in [4.69, 9.17) is 4.42 Å². The predicted molar refractivity (Wildman–Crippen MR) is 51.7 cm³/mol. The topological polar surface area (TPSA) is 58.3 Å². The molecule has 2 heterocycles. The Hall–Kier alpha value is -0.870. The van der Waals surface area contributed by atoms with Crippen molar-refractivity contribution >= 4 is 0 Å². The highest BCUT2D eigenvalue weighted by Gasteiger charge is 2.20. The van der Waals surface area contributed by atoms with Gasteiger partial charge in [0, 0.05) is 0 Å². The summed E-state index contributed by atoms with van der Waals surface area (Å²) in [6, 6.07) is 0. The molecule has 0 amide bonds. The summed E-state index contributed by atoms with van der Waals surface area (Å²) in [5.41, 5.74) is 0. The maximum atomic E-state index is 9.78. The summed E-state index contributed by atoms with van der Waals surface area (Å²) in [6.45, 7) is 2.12. The minimum atomic E-state index is -0.534. The van der Waals surface area contributed by atoms with Crippen molar-refractivity contribution in [3.63, 3.8) is 0 Å². The van der Waals surface area contributed by atoms with Crippen LogP contribution in [0.25, 0.3) is 0 Å². The predicted octanol–water partition coefficient (Wildman–Crippen LogP) is 1.10. The zero-order chi connectivity index (χ0) is 9.80. The molecule has 0 aliphatic carbocycles. The fourth-order valence-corrected chi connectivity index (χ4v) is 1.93. The fourth-order valence-electron chi connectivity index (χ4n) is 1.93. The molecule has 1 aromatic rings. The molecule has 14 heavy (non-hydrogen) atoms. The van der Waals surface area contributed by atoms with Crippen molar-refractivity contribution in [2.24, 2.45) is 5.92 Å². The Bertz CT molecular complexity index is 255. The van der Waals surface area contributed by atoms with Gasteiger partial charge in [0.1, 0.15) is 12.4 Å². The molecule has 0 bridgehead atoms. The van der Waals surface area contributed by atoms with Gasteiger partial charge in [-0.2, -0.15) is 0 Å². The molecule has 1 aliphatic heterocycles. The Morgan fingerprint density at radius 1 is 1.57 bits per heavy atom. The lowest BCUT2D eigenvalue weighted by Crippen LogP contribution is -2.28. The number of aliphatic hydroxyl groups excluding tert-OH is 1. The van der Waals surface area contributed by atoms with Crippen LogP contribution in [-0.4, -0.2) is 23.2 Å². The van der Waals surface area contributed by atoms with E-state index in [1.54, 1.807) is 6.20 Å². The first kappa shape index (κ1) is 9.68. The van der Waals surface area contributed by atoms with Crippen LogP contribution in [-0.2, 0) is 0 Å². The van der Waals surface area contributed by atoms with Gasteiger partial charge in [-0.15, -0.1) is 0 Å². The fraction of sp³-hybridized carbons (Fsp3) is 0.700. The van der Waals surface area contributed by atoms with Crippen molar-refractivity contribution in [2.45, 2.75) is 25.4 Å². The number of aromatic nitrogens is 1. The summed E-state index contributed by atoms with van der Waals surface area (Å²) in [6.07, 6.45) is 5.58. The lowest BCUT2D eigenvalue weighted by molar-refractivity contribution is 0.106. The van der Waals surface area contributed by atoms with Crippen LogP contribution in [0, 0.1) is 5.92 Å². The van der Waals surface area contributed by atoms with Gasteiger partial charge in [0.15, 0.2) is 0 Å². The van der Waals surface area contributed by atoms with Crippen LogP contribution in [0.2, 0.25) is 0 Å². The van der Waals surface area contributed by atoms with Gasteiger partial charge in [-0.3, -0.25) is 0 Å². The molecule has 4 heteroatoms. The molecule has 0 saturated carbocycles. The molecule has 0 radical (unpaired) electrons. The summed E-state index contributed by atoms with van der Waals surface area (Å²) in [5.74, 6) is 1.04. The van der Waals surface area contributed by atoms with E-state index in [2.05, 4.69) is 10.3 Å². The Balaban J connectivity index is 1.84. The minimum Gasteiger partial charge on any atom is -0.446 e. The number of nitrogens with one attached hydrogen (secondary N) is 1. The summed E-state index contributed by atoms with van der Waals surface area (Å²) in [7, 11) is 0. The molecule has 0 aromatic carbocycles. The average molecular weight is 196 g/mol. The molecular weight excluding hydrogens is 180 g/mol. The lowest BCUT2D eigenvalue weighted by Gasteiger charge is -2.23. The first-order valence-corrected chi connectivity index (χ1v) is 5.14. The molecule has 2 rings (SSSR count). The Morgan fingerprint density at radius 2 is 2.36 bits per heavy atom. The molecule has 1 unspecified atom stereocenters. The van der Waals surface area contributed by atoms with E-state index in [9.17, 15) is 5.11 Å². The van der Waals surface area contributed by atoms with E-state index in [0.29, 0.717) is 11.8 Å². The van der Waals surface area contributed by atoms with Crippen LogP contribution >= 0.6 is 0 Å². The molecule has 1 aromatic heterocycles. The number of oxazole rings is 1. The maximum Gasteiger partial charge on any atom is 0.222 e. The standard InChI is InChI=1S/C10H16N2O2/c13-9(10-12-5-6-14-10)7-8-1-3-11-4-2-8/h5-6,8-9,11,13H,1-4,7H2. The Labute approximate surface area is 83.3 Å². The van der Waals surface area contributed by atoms with E-state index in [0.717, 1.165) is 32.4 Å². The van der Waals surface area contributed by atoms with E-state index < -0.39 is 6.10 Å². The van der Waals surface area contributed by atoms with Gasteiger partial charge in [0.05, 0.1) is 6.20 Å². The van der Waals surface area contributed by atoms with Crippen molar-refractivity contribution in [3.8, 4) is 0 Å². The summed E-state index contributed by atoms with van der Waals surface area (Å²) >= 11 is 0. The number of rotatable bonds is 3. The molecule has 1 saturated heterocycles.